The fourth-order valence-electron chi connectivity index (χ4n) is 2.46. The number of hydrogen-bond donors (Lipinski definition) is 1. The maximum absolute atomic E-state index is 5.86. The van der Waals surface area contributed by atoms with Crippen LogP contribution in [0, 0.1) is 0 Å². The first kappa shape index (κ1) is 11.9. The Morgan fingerprint density at radius 2 is 2.31 bits per heavy atom. The fraction of sp³-hybridized carbons (Fsp3) is 0.846. The molecule has 0 radical (unpaired) electrons. The van der Waals surface area contributed by atoms with Crippen molar-refractivity contribution in [2.24, 2.45) is 0 Å². The number of hydrogen-bond acceptors (Lipinski definition) is 3. The van der Waals surface area contributed by atoms with Crippen LogP contribution >= 0.6 is 0 Å². The highest BCUT2D eigenvalue weighted by Gasteiger charge is 2.28. The van der Waals surface area contributed by atoms with E-state index in [4.69, 9.17) is 9.47 Å². The first-order valence-corrected chi connectivity index (χ1v) is 6.59. The number of likely N-dealkylation sites (N-methyl/N-ethyl adjacent to an activating group) is 1. The smallest absolute Gasteiger partial charge is 0.112 e. The van der Waals surface area contributed by atoms with Gasteiger partial charge in [-0.3, -0.25) is 0 Å². The van der Waals surface area contributed by atoms with E-state index in [9.17, 15) is 0 Å². The third-order valence-electron chi connectivity index (χ3n) is 3.28. The molecule has 0 bridgehead atoms. The SMILES string of the molecule is CCNC(C1=CCCCO1)C1CCCCO1. The lowest BCUT2D eigenvalue weighted by Gasteiger charge is -2.33. The van der Waals surface area contributed by atoms with Crippen LogP contribution in [0.3, 0.4) is 0 Å². The molecule has 2 rings (SSSR count). The predicted octanol–water partition coefficient (Wildman–Crippen LogP) is 2.23. The molecule has 1 saturated heterocycles. The van der Waals surface area contributed by atoms with Crippen molar-refractivity contribution < 1.29 is 9.47 Å². The number of ether oxygens (including phenoxy) is 2. The zero-order chi connectivity index (χ0) is 11.2. The van der Waals surface area contributed by atoms with Crippen LogP contribution in [-0.4, -0.2) is 31.9 Å². The summed E-state index contributed by atoms with van der Waals surface area (Å²) in [5, 5.41) is 3.50. The molecule has 0 aromatic carbocycles. The Labute approximate surface area is 98.2 Å². The van der Waals surface area contributed by atoms with Crippen molar-refractivity contribution in [3.63, 3.8) is 0 Å². The summed E-state index contributed by atoms with van der Waals surface area (Å²) in [6.45, 7) is 4.87. The van der Waals surface area contributed by atoms with E-state index in [0.29, 0.717) is 6.10 Å². The van der Waals surface area contributed by atoms with Crippen molar-refractivity contribution in [2.75, 3.05) is 19.8 Å². The highest BCUT2D eigenvalue weighted by molar-refractivity contribution is 5.08. The molecule has 2 heterocycles. The topological polar surface area (TPSA) is 30.5 Å². The molecular formula is C13H23NO2. The van der Waals surface area contributed by atoms with Gasteiger partial charge in [0.15, 0.2) is 0 Å². The highest BCUT2D eigenvalue weighted by Crippen LogP contribution is 2.23. The average molecular weight is 225 g/mol. The minimum atomic E-state index is 0.269. The highest BCUT2D eigenvalue weighted by atomic mass is 16.5. The first-order valence-electron chi connectivity index (χ1n) is 6.59. The molecule has 3 nitrogen and oxygen atoms in total. The fourth-order valence-corrected chi connectivity index (χ4v) is 2.46. The standard InChI is InChI=1S/C13H23NO2/c1-2-14-13(11-7-3-5-9-15-11)12-8-4-6-10-16-12/h7,12-14H,2-6,8-10H2,1H3. The zero-order valence-electron chi connectivity index (χ0n) is 10.2. The molecule has 0 aliphatic carbocycles. The van der Waals surface area contributed by atoms with E-state index >= 15 is 0 Å². The third kappa shape index (κ3) is 2.98. The number of rotatable bonds is 4. The summed E-state index contributed by atoms with van der Waals surface area (Å²) < 4.78 is 11.6. The minimum Gasteiger partial charge on any atom is -0.496 e. The van der Waals surface area contributed by atoms with E-state index in [-0.39, 0.29) is 6.04 Å². The van der Waals surface area contributed by atoms with Crippen LogP contribution in [0.25, 0.3) is 0 Å². The van der Waals surface area contributed by atoms with Crippen LogP contribution in [0.1, 0.15) is 39.0 Å². The van der Waals surface area contributed by atoms with Crippen molar-refractivity contribution in [1.29, 1.82) is 0 Å². The zero-order valence-corrected chi connectivity index (χ0v) is 10.2. The Morgan fingerprint density at radius 3 is 2.94 bits per heavy atom. The molecule has 16 heavy (non-hydrogen) atoms. The van der Waals surface area contributed by atoms with Gasteiger partial charge in [-0.2, -0.15) is 0 Å². The summed E-state index contributed by atoms with van der Waals surface area (Å²) in [5.41, 5.74) is 0. The molecule has 2 atom stereocenters. The summed E-state index contributed by atoms with van der Waals surface area (Å²) >= 11 is 0. The van der Waals surface area contributed by atoms with Gasteiger partial charge >= 0.3 is 0 Å². The van der Waals surface area contributed by atoms with Gasteiger partial charge in [0.1, 0.15) is 5.76 Å². The van der Waals surface area contributed by atoms with E-state index in [0.717, 1.165) is 44.8 Å². The van der Waals surface area contributed by atoms with Gasteiger partial charge in [0.05, 0.1) is 18.8 Å². The van der Waals surface area contributed by atoms with Gasteiger partial charge in [0.25, 0.3) is 0 Å². The van der Waals surface area contributed by atoms with Gasteiger partial charge in [0, 0.05) is 6.61 Å². The molecule has 92 valence electrons. The Balaban J connectivity index is 1.99. The van der Waals surface area contributed by atoms with Gasteiger partial charge in [-0.05, 0) is 44.7 Å². The van der Waals surface area contributed by atoms with Gasteiger partial charge in [-0.1, -0.05) is 6.92 Å². The summed E-state index contributed by atoms with van der Waals surface area (Å²) in [5.74, 6) is 1.11. The molecule has 0 aromatic rings. The summed E-state index contributed by atoms with van der Waals surface area (Å²) in [6, 6.07) is 0.269. The Kier molecular flexibility index (Phi) is 4.67. The van der Waals surface area contributed by atoms with Crippen LogP contribution in [0.4, 0.5) is 0 Å². The summed E-state index contributed by atoms with van der Waals surface area (Å²) in [6.07, 6.45) is 8.46. The molecule has 0 spiro atoms. The van der Waals surface area contributed by atoms with Crippen molar-refractivity contribution in [3.8, 4) is 0 Å². The second-order valence-corrected chi connectivity index (χ2v) is 4.54. The molecule has 2 aliphatic rings. The normalized spacial score (nSPS) is 28.1. The Bertz CT molecular complexity index is 234. The van der Waals surface area contributed by atoms with Gasteiger partial charge < -0.3 is 14.8 Å². The number of allylic oxidation sites excluding steroid dienone is 1. The lowest BCUT2D eigenvalue weighted by atomic mass is 9.99. The monoisotopic (exact) mass is 225 g/mol. The second-order valence-electron chi connectivity index (χ2n) is 4.54. The maximum Gasteiger partial charge on any atom is 0.112 e. The first-order chi connectivity index (χ1) is 7.92. The van der Waals surface area contributed by atoms with Gasteiger partial charge in [-0.25, -0.2) is 0 Å². The average Bonchev–Trinajstić information content (AvgIpc) is 2.38. The molecule has 0 aromatic heterocycles. The van der Waals surface area contributed by atoms with E-state index < -0.39 is 0 Å². The van der Waals surface area contributed by atoms with Crippen molar-refractivity contribution in [3.05, 3.63) is 11.8 Å². The van der Waals surface area contributed by atoms with Crippen LogP contribution in [0.15, 0.2) is 11.8 Å². The van der Waals surface area contributed by atoms with Gasteiger partial charge in [0.2, 0.25) is 0 Å². The third-order valence-corrected chi connectivity index (χ3v) is 3.28. The molecule has 2 aliphatic heterocycles. The molecule has 1 N–H and O–H groups in total. The van der Waals surface area contributed by atoms with E-state index in [1.165, 1.54) is 12.8 Å². The molecule has 2 unspecified atom stereocenters. The van der Waals surface area contributed by atoms with Crippen LogP contribution < -0.4 is 5.32 Å². The molecular weight excluding hydrogens is 202 g/mol. The second kappa shape index (κ2) is 6.26. The largest absolute Gasteiger partial charge is 0.496 e. The van der Waals surface area contributed by atoms with Crippen molar-refractivity contribution in [2.45, 2.75) is 51.2 Å². The molecule has 1 fully saturated rings. The lowest BCUT2D eigenvalue weighted by molar-refractivity contribution is -0.0137. The minimum absolute atomic E-state index is 0.269. The lowest BCUT2D eigenvalue weighted by Crippen LogP contribution is -2.45. The van der Waals surface area contributed by atoms with E-state index in [1.54, 1.807) is 0 Å². The van der Waals surface area contributed by atoms with E-state index in [2.05, 4.69) is 18.3 Å². The van der Waals surface area contributed by atoms with Crippen LogP contribution in [0.5, 0.6) is 0 Å². The molecule has 0 amide bonds. The quantitative estimate of drug-likeness (QED) is 0.796. The molecule has 0 saturated carbocycles. The Morgan fingerprint density at radius 1 is 1.38 bits per heavy atom. The maximum atomic E-state index is 5.86. The number of nitrogens with one attached hydrogen (secondary N) is 1. The van der Waals surface area contributed by atoms with Crippen LogP contribution in [-0.2, 0) is 9.47 Å². The summed E-state index contributed by atoms with van der Waals surface area (Å²) in [4.78, 5) is 0. The molecule has 3 heteroatoms. The predicted molar refractivity (Wildman–Crippen MR) is 64.3 cm³/mol. The van der Waals surface area contributed by atoms with Crippen molar-refractivity contribution in [1.82, 2.24) is 5.32 Å². The summed E-state index contributed by atoms with van der Waals surface area (Å²) in [7, 11) is 0. The Hall–Kier alpha value is -0.540. The van der Waals surface area contributed by atoms with Gasteiger partial charge in [-0.15, -0.1) is 0 Å². The van der Waals surface area contributed by atoms with Crippen molar-refractivity contribution >= 4 is 0 Å². The van der Waals surface area contributed by atoms with E-state index in [1.807, 2.05) is 0 Å². The van der Waals surface area contributed by atoms with Crippen LogP contribution in [0.2, 0.25) is 0 Å².